The van der Waals surface area contributed by atoms with Gasteiger partial charge in [0.05, 0.1) is 12.5 Å². The molecule has 1 aliphatic heterocycles. The van der Waals surface area contributed by atoms with Crippen molar-refractivity contribution in [1.29, 1.82) is 0 Å². The van der Waals surface area contributed by atoms with Crippen LogP contribution in [0.25, 0.3) is 0 Å². The molecule has 4 bridgehead atoms. The van der Waals surface area contributed by atoms with Crippen LogP contribution in [0.4, 0.5) is 39.5 Å². The molecule has 0 radical (unpaired) electrons. The molecule has 12 nitrogen and oxygen atoms in total. The molecule has 1 heterocycles. The lowest BCUT2D eigenvalue weighted by Gasteiger charge is -2.27. The van der Waals surface area contributed by atoms with E-state index in [1.165, 1.54) is 146 Å². The van der Waals surface area contributed by atoms with Crippen LogP contribution in [0, 0.1) is 29.6 Å². The monoisotopic (exact) mass is 1140 g/mol. The summed E-state index contributed by atoms with van der Waals surface area (Å²) in [5, 5.41) is 2.76. The van der Waals surface area contributed by atoms with Crippen molar-refractivity contribution in [2.45, 2.75) is 185 Å². The first-order chi connectivity index (χ1) is 32.1. The van der Waals surface area contributed by atoms with Crippen molar-refractivity contribution in [2.24, 2.45) is 29.6 Å². The van der Waals surface area contributed by atoms with E-state index >= 15 is 0 Å². The third-order valence-corrected chi connectivity index (χ3v) is 24.5. The predicted molar refractivity (Wildman–Crippen MR) is 250 cm³/mol. The maximum absolute atomic E-state index is 12.3. The summed E-state index contributed by atoms with van der Waals surface area (Å²) >= 11 is 0. The van der Waals surface area contributed by atoms with Gasteiger partial charge in [-0.1, -0.05) is 25.7 Å². The van der Waals surface area contributed by atoms with E-state index < -0.39 is 46.9 Å². The quantitative estimate of drug-likeness (QED) is 0.101. The van der Waals surface area contributed by atoms with Crippen molar-refractivity contribution >= 4 is 80.4 Å². The highest BCUT2D eigenvalue weighted by Gasteiger charge is 2.56. The molecule has 70 heavy (non-hydrogen) atoms. The number of halogens is 9. The molecule has 9 unspecified atom stereocenters. The first-order valence-corrected chi connectivity index (χ1v) is 33.2. The molecule has 0 amide bonds. The van der Waals surface area contributed by atoms with E-state index in [1.807, 2.05) is 0 Å². The van der Waals surface area contributed by atoms with Gasteiger partial charge >= 0.3 is 16.5 Å². The lowest BCUT2D eigenvalue weighted by molar-refractivity contribution is -0.122. The number of carbonyl (C=O) groups is 3. The lowest BCUT2D eigenvalue weighted by atomic mass is 9.87. The predicted octanol–water partition coefficient (Wildman–Crippen LogP) is 8.57. The summed E-state index contributed by atoms with van der Waals surface area (Å²) in [5.74, 6) is 9.24. The Hall–Kier alpha value is -0.840. The van der Waals surface area contributed by atoms with Gasteiger partial charge in [0.25, 0.3) is 0 Å². The van der Waals surface area contributed by atoms with Gasteiger partial charge in [0.15, 0.2) is 64.0 Å². The highest BCUT2D eigenvalue weighted by molar-refractivity contribution is 7.98. The van der Waals surface area contributed by atoms with Gasteiger partial charge in [0.2, 0.25) is 0 Å². The molecule has 1 saturated heterocycles. The minimum Gasteiger partial charge on any atom is -0.741 e. The molecular formula is C43H67F9O12S6. The average Bonchev–Trinajstić information content (AvgIpc) is 4.13. The Morgan fingerprint density at radius 3 is 1.43 bits per heavy atom. The second-order valence-corrected chi connectivity index (χ2v) is 30.6. The molecular weight excluding hydrogens is 1070 g/mol. The zero-order chi connectivity index (χ0) is 53.0. The molecule has 0 aromatic carbocycles. The van der Waals surface area contributed by atoms with Gasteiger partial charge in [-0.05, 0) is 148 Å². The van der Waals surface area contributed by atoms with E-state index in [9.17, 15) is 53.9 Å². The highest BCUT2D eigenvalue weighted by Crippen LogP contribution is 2.49. The van der Waals surface area contributed by atoms with Crippen LogP contribution >= 0.6 is 0 Å². The third-order valence-electron chi connectivity index (χ3n) is 14.5. The molecule has 8 fully saturated rings. The summed E-state index contributed by atoms with van der Waals surface area (Å²) in [7, 11) is -17.0. The molecule has 9 atom stereocenters. The normalized spacial score (nSPS) is 29.7. The largest absolute Gasteiger partial charge is 0.741 e. The molecule has 0 spiro atoms. The Labute approximate surface area is 415 Å². The Kier molecular flexibility index (Phi) is 24.7. The second-order valence-electron chi connectivity index (χ2n) is 19.4. The fourth-order valence-electron chi connectivity index (χ4n) is 10.9. The van der Waals surface area contributed by atoms with Crippen LogP contribution in [0.15, 0.2) is 0 Å². The van der Waals surface area contributed by atoms with Gasteiger partial charge < -0.3 is 13.7 Å². The number of rotatable bonds is 7. The van der Waals surface area contributed by atoms with E-state index in [0.29, 0.717) is 72.4 Å². The van der Waals surface area contributed by atoms with Crippen molar-refractivity contribution in [3.05, 3.63) is 0 Å². The minimum absolute atomic E-state index is 0.389. The maximum atomic E-state index is 12.3. The first kappa shape index (κ1) is 63.5. The topological polar surface area (TPSA) is 223 Å². The average molecular weight is 1140 g/mol. The Morgan fingerprint density at radius 2 is 1.03 bits per heavy atom. The van der Waals surface area contributed by atoms with Gasteiger partial charge in [0, 0.05) is 36.5 Å². The molecule has 8 rings (SSSR count). The number of Topliss-reactive ketones (excluding diaryl/α,β-unsaturated/α-hetero) is 3. The van der Waals surface area contributed by atoms with Crippen molar-refractivity contribution in [3.63, 3.8) is 0 Å². The first-order valence-electron chi connectivity index (χ1n) is 23.7. The standard InChI is InChI=1S/2C14H23OS.C12H21OS.3CHF3O3S/c1-16(13-5-3-2-4-12(13)15)14-9-10-6-7-11(14)8-10;1-16(12-5-3-2-4-6-12)14-11-8-7-10(9-11)13(14)15;13-12(10-14-8-4-5-9-14)11-6-2-1-3-7-11;3*2-1(3,4)8(5,6)7/h10-11,13-14H,2-9H2,1H3;10-12,14H,2-9H2,1H3;11H,1-10H2;3*(H,5,6,7)/q3*+1;;;/p-3. The van der Waals surface area contributed by atoms with Crippen molar-refractivity contribution in [2.75, 3.05) is 29.8 Å². The summed E-state index contributed by atoms with van der Waals surface area (Å²) in [6.07, 6.45) is 35.2. The molecule has 8 aliphatic rings. The zero-order valence-electron chi connectivity index (χ0n) is 39.3. The van der Waals surface area contributed by atoms with Gasteiger partial charge in [0.1, 0.15) is 22.0 Å². The summed E-state index contributed by atoms with van der Waals surface area (Å²) < 4.78 is 177. The van der Waals surface area contributed by atoms with Gasteiger partial charge in [-0.2, -0.15) is 39.5 Å². The number of alkyl halides is 9. The Morgan fingerprint density at radius 1 is 0.571 bits per heavy atom. The van der Waals surface area contributed by atoms with E-state index in [-0.39, 0.29) is 0 Å². The molecule has 7 aliphatic carbocycles. The van der Waals surface area contributed by atoms with E-state index in [4.69, 9.17) is 38.9 Å². The SMILES string of the molecule is C[S+](C1CCCCC1)C1C(=O)C2CCC1C2.C[S+](C1CCCCC1=O)C1CC2CCC1C2.O=C(C[S+]1CCCC1)C1CCCCC1.O=S(=O)([O-])C(F)(F)F.O=S(=O)([O-])C(F)(F)F.O=S(=O)([O-])C(F)(F)F. The number of hydrogen-bond donors (Lipinski definition) is 0. The van der Waals surface area contributed by atoms with E-state index in [0.717, 1.165) is 46.8 Å². The van der Waals surface area contributed by atoms with E-state index in [2.05, 4.69) is 12.5 Å². The van der Waals surface area contributed by atoms with Crippen LogP contribution in [0.3, 0.4) is 0 Å². The van der Waals surface area contributed by atoms with Gasteiger partial charge in [-0.3, -0.25) is 14.4 Å². The van der Waals surface area contributed by atoms with Gasteiger partial charge in [-0.25, -0.2) is 25.3 Å². The lowest BCUT2D eigenvalue weighted by Crippen LogP contribution is -2.41. The highest BCUT2D eigenvalue weighted by atomic mass is 32.2. The summed E-state index contributed by atoms with van der Waals surface area (Å²) in [5.41, 5.74) is -16.9. The molecule has 0 aromatic heterocycles. The minimum atomic E-state index is -6.09. The smallest absolute Gasteiger partial charge is 0.485 e. The summed E-state index contributed by atoms with van der Waals surface area (Å²) in [6.45, 7) is 0. The van der Waals surface area contributed by atoms with Crippen molar-refractivity contribution in [3.8, 4) is 0 Å². The number of carbonyl (C=O) groups excluding carboxylic acids is 3. The fraction of sp³-hybridized carbons (Fsp3) is 0.930. The van der Waals surface area contributed by atoms with Crippen LogP contribution in [-0.4, -0.2) is 124 Å². The third kappa shape index (κ3) is 19.7. The fourth-order valence-corrected chi connectivity index (χ4v) is 19.1. The molecule has 410 valence electrons. The number of fused-ring (bicyclic) bond motifs is 4. The zero-order valence-corrected chi connectivity index (χ0v) is 44.2. The van der Waals surface area contributed by atoms with Crippen molar-refractivity contribution < 1.29 is 92.8 Å². The van der Waals surface area contributed by atoms with Crippen LogP contribution in [-0.2, 0) is 77.4 Å². The molecule has 27 heteroatoms. The Balaban J connectivity index is 0.000000229. The van der Waals surface area contributed by atoms with Crippen molar-refractivity contribution in [1.82, 2.24) is 0 Å². The number of hydrogen-bond acceptors (Lipinski definition) is 12. The van der Waals surface area contributed by atoms with Crippen LogP contribution in [0.5, 0.6) is 0 Å². The second kappa shape index (κ2) is 27.3. The Bertz CT molecular complexity index is 1920. The van der Waals surface area contributed by atoms with E-state index in [1.54, 1.807) is 0 Å². The molecule has 0 aromatic rings. The van der Waals surface area contributed by atoms with Crippen LogP contribution in [0.2, 0.25) is 0 Å². The molecule has 7 saturated carbocycles. The summed E-state index contributed by atoms with van der Waals surface area (Å²) in [6, 6.07) is 0. The van der Waals surface area contributed by atoms with Crippen LogP contribution in [0.1, 0.15) is 148 Å². The van der Waals surface area contributed by atoms with Gasteiger partial charge in [-0.15, -0.1) is 0 Å². The maximum Gasteiger partial charge on any atom is 0.485 e. The van der Waals surface area contributed by atoms with Crippen LogP contribution < -0.4 is 0 Å². The molecule has 0 N–H and O–H groups in total. The number of ketones is 3. The summed E-state index contributed by atoms with van der Waals surface area (Å²) in [4.78, 5) is 36.2.